The molecule has 2 heterocycles. The second-order valence-corrected chi connectivity index (χ2v) is 10.2. The minimum atomic E-state index is -0.684. The third-order valence-corrected chi connectivity index (χ3v) is 8.57. The molecule has 0 radical (unpaired) electrons. The van der Waals surface area contributed by atoms with Gasteiger partial charge >= 0.3 is 5.97 Å². The van der Waals surface area contributed by atoms with Gasteiger partial charge in [-0.15, -0.1) is 0 Å². The fourth-order valence-corrected chi connectivity index (χ4v) is 6.99. The molecule has 176 valence electrons. The molecule has 0 amide bonds. The van der Waals surface area contributed by atoms with Gasteiger partial charge in [0.25, 0.3) is 0 Å². The van der Waals surface area contributed by atoms with Crippen LogP contribution in [0.1, 0.15) is 27.9 Å². The fourth-order valence-electron chi connectivity index (χ4n) is 6.99. The molecule has 0 unspecified atom stereocenters. The van der Waals surface area contributed by atoms with Gasteiger partial charge in [-0.1, -0.05) is 66.7 Å². The number of esters is 1. The summed E-state index contributed by atoms with van der Waals surface area (Å²) < 4.78 is 12.6. The van der Waals surface area contributed by atoms with E-state index >= 15 is 0 Å². The third-order valence-electron chi connectivity index (χ3n) is 8.57. The molecule has 1 N–H and O–H groups in total. The van der Waals surface area contributed by atoms with Crippen LogP contribution in [0.4, 0.5) is 0 Å². The summed E-state index contributed by atoms with van der Waals surface area (Å²) in [5.41, 5.74) is 4.41. The summed E-state index contributed by atoms with van der Waals surface area (Å²) in [6.45, 7) is 0.953. The zero-order chi connectivity index (χ0) is 23.7. The molecule has 2 aliphatic carbocycles. The minimum absolute atomic E-state index is 0.271. The van der Waals surface area contributed by atoms with E-state index in [2.05, 4.69) is 24.1 Å². The van der Waals surface area contributed by atoms with E-state index in [9.17, 15) is 9.90 Å². The van der Waals surface area contributed by atoms with Crippen LogP contribution in [0.15, 0.2) is 78.9 Å². The van der Waals surface area contributed by atoms with E-state index in [1.165, 1.54) is 5.56 Å². The van der Waals surface area contributed by atoms with E-state index in [-0.39, 0.29) is 17.4 Å². The Hall–Kier alpha value is -3.41. The van der Waals surface area contributed by atoms with E-state index in [0.29, 0.717) is 23.1 Å². The second-order valence-electron chi connectivity index (χ2n) is 10.2. The Kier molecular flexibility index (Phi) is 4.51. The normalized spacial score (nSPS) is 29.9. The Morgan fingerprint density at radius 2 is 1.86 bits per heavy atom. The molecule has 0 aromatic heterocycles. The number of ether oxygens (including phenoxy) is 2. The summed E-state index contributed by atoms with van der Waals surface area (Å²) in [4.78, 5) is 15.9. The number of likely N-dealkylation sites (N-methyl/N-ethyl adjacent to an activating group) is 1. The molecule has 3 aromatic rings. The highest BCUT2D eigenvalue weighted by Crippen LogP contribution is 2.62. The molecule has 1 spiro atoms. The Bertz CT molecular complexity index is 1370. The lowest BCUT2D eigenvalue weighted by Gasteiger charge is -2.56. The first-order chi connectivity index (χ1) is 17.1. The predicted molar refractivity (Wildman–Crippen MR) is 133 cm³/mol. The second kappa shape index (κ2) is 7.54. The van der Waals surface area contributed by atoms with Crippen molar-refractivity contribution in [2.75, 3.05) is 13.6 Å². The van der Waals surface area contributed by atoms with Gasteiger partial charge in [-0.3, -0.25) is 0 Å². The van der Waals surface area contributed by atoms with Gasteiger partial charge in [0.15, 0.2) is 11.5 Å². The number of hydrogen-bond acceptors (Lipinski definition) is 5. The van der Waals surface area contributed by atoms with Crippen LogP contribution >= 0.6 is 0 Å². The quantitative estimate of drug-likeness (QED) is 0.354. The molecule has 5 atom stereocenters. The average molecular weight is 466 g/mol. The van der Waals surface area contributed by atoms with E-state index in [4.69, 9.17) is 9.47 Å². The fraction of sp³-hybridized carbons (Fsp3) is 0.300. The van der Waals surface area contributed by atoms with Crippen molar-refractivity contribution in [3.05, 3.63) is 95.6 Å². The zero-order valence-corrected chi connectivity index (χ0v) is 19.6. The largest absolute Gasteiger partial charge is 0.482 e. The number of rotatable bonds is 3. The highest BCUT2D eigenvalue weighted by Gasteiger charge is 2.64. The molecular formula is C30H27NO4. The number of hydrogen-bond donors (Lipinski definition) is 1. The highest BCUT2D eigenvalue weighted by atomic mass is 16.6. The summed E-state index contributed by atoms with van der Waals surface area (Å²) in [7, 11) is 2.19. The van der Waals surface area contributed by atoms with Crippen LogP contribution in [0.2, 0.25) is 0 Å². The number of nitrogens with zero attached hydrogens (tertiary/aromatic N) is 1. The van der Waals surface area contributed by atoms with E-state index in [1.54, 1.807) is 6.07 Å². The van der Waals surface area contributed by atoms with Crippen LogP contribution in [0.25, 0.3) is 11.1 Å². The van der Waals surface area contributed by atoms with Gasteiger partial charge in [0, 0.05) is 22.9 Å². The molecule has 3 aromatic carbocycles. The SMILES string of the molecule is CN1CC[C@]23c4c5ccc(OC(=O)c6ccccc6-c6ccccc6)c4O[C@H]2[C@@H](O)C=C[C@H]3[C@H]1C5. The lowest BCUT2D eigenvalue weighted by atomic mass is 9.53. The van der Waals surface area contributed by atoms with Crippen LogP contribution in [-0.4, -0.2) is 47.8 Å². The van der Waals surface area contributed by atoms with E-state index in [1.807, 2.05) is 60.7 Å². The van der Waals surface area contributed by atoms with Gasteiger partial charge in [-0.25, -0.2) is 4.79 Å². The van der Waals surface area contributed by atoms with Crippen LogP contribution in [-0.2, 0) is 11.8 Å². The van der Waals surface area contributed by atoms with E-state index < -0.39 is 12.1 Å². The van der Waals surface area contributed by atoms with Gasteiger partial charge in [-0.05, 0) is 55.3 Å². The molecule has 4 aliphatic rings. The molecule has 2 aliphatic heterocycles. The van der Waals surface area contributed by atoms with E-state index in [0.717, 1.165) is 36.1 Å². The van der Waals surface area contributed by atoms with Crippen molar-refractivity contribution < 1.29 is 19.4 Å². The molecule has 5 heteroatoms. The van der Waals surface area contributed by atoms with Gasteiger partial charge in [0.1, 0.15) is 12.2 Å². The number of benzene rings is 3. The Morgan fingerprint density at radius 3 is 2.71 bits per heavy atom. The number of aliphatic hydroxyl groups is 1. The maximum absolute atomic E-state index is 13.5. The van der Waals surface area contributed by atoms with Crippen molar-refractivity contribution in [1.29, 1.82) is 0 Å². The Labute approximate surface area is 204 Å². The minimum Gasteiger partial charge on any atom is -0.482 e. The molecule has 35 heavy (non-hydrogen) atoms. The summed E-state index contributed by atoms with van der Waals surface area (Å²) in [5, 5.41) is 10.9. The number of carbonyl (C=O) groups is 1. The standard InChI is InChI=1S/C30H27NO4/c1-31-16-15-30-22-12-13-24(32)28(30)35-27-25(14-11-19(26(27)30)17-23(22)31)34-29(33)21-10-6-5-9-20(21)18-7-3-2-4-8-18/h2-14,22-24,28,32H,15-17H2,1H3/t22-,23+,24-,28-,30-/m0/s1. The molecule has 0 saturated carbocycles. The van der Waals surface area contributed by atoms with Crippen molar-refractivity contribution in [1.82, 2.24) is 4.90 Å². The summed E-state index contributed by atoms with van der Waals surface area (Å²) in [5.74, 6) is 0.926. The van der Waals surface area contributed by atoms with Crippen LogP contribution in [0.5, 0.6) is 11.5 Å². The smallest absolute Gasteiger partial charge is 0.344 e. The van der Waals surface area contributed by atoms with Gasteiger partial charge < -0.3 is 19.5 Å². The molecule has 1 fully saturated rings. The van der Waals surface area contributed by atoms with Crippen LogP contribution in [0, 0.1) is 5.92 Å². The van der Waals surface area contributed by atoms with Crippen molar-refractivity contribution in [2.24, 2.45) is 5.92 Å². The van der Waals surface area contributed by atoms with Gasteiger partial charge in [-0.2, -0.15) is 0 Å². The van der Waals surface area contributed by atoms with Crippen molar-refractivity contribution in [2.45, 2.75) is 36.5 Å². The summed E-state index contributed by atoms with van der Waals surface area (Å²) in [6.07, 6.45) is 4.86. The molecule has 5 nitrogen and oxygen atoms in total. The molecular weight excluding hydrogens is 438 g/mol. The summed E-state index contributed by atoms with van der Waals surface area (Å²) in [6, 6.07) is 21.7. The number of aliphatic hydroxyl groups excluding tert-OH is 1. The number of carbonyl (C=O) groups excluding carboxylic acids is 1. The molecule has 1 saturated heterocycles. The highest BCUT2D eigenvalue weighted by molar-refractivity contribution is 5.98. The molecule has 2 bridgehead atoms. The monoisotopic (exact) mass is 465 g/mol. The first-order valence-corrected chi connectivity index (χ1v) is 12.3. The van der Waals surface area contributed by atoms with Crippen LogP contribution < -0.4 is 9.47 Å². The average Bonchev–Trinajstić information content (AvgIpc) is 3.25. The topological polar surface area (TPSA) is 59.0 Å². The third kappa shape index (κ3) is 2.85. The zero-order valence-electron chi connectivity index (χ0n) is 19.6. The maximum atomic E-state index is 13.5. The van der Waals surface area contributed by atoms with Crippen molar-refractivity contribution >= 4 is 5.97 Å². The lowest BCUT2D eigenvalue weighted by Crippen LogP contribution is -2.64. The number of piperidine rings is 1. The Balaban J connectivity index is 1.31. The van der Waals surface area contributed by atoms with Crippen molar-refractivity contribution in [3.8, 4) is 22.6 Å². The maximum Gasteiger partial charge on any atom is 0.344 e. The summed E-state index contributed by atoms with van der Waals surface area (Å²) >= 11 is 0. The van der Waals surface area contributed by atoms with Gasteiger partial charge in [0.05, 0.1) is 5.56 Å². The first kappa shape index (κ1) is 20.9. The Morgan fingerprint density at radius 1 is 1.06 bits per heavy atom. The molecule has 7 rings (SSSR count). The van der Waals surface area contributed by atoms with Crippen molar-refractivity contribution in [3.63, 3.8) is 0 Å². The van der Waals surface area contributed by atoms with Crippen LogP contribution in [0.3, 0.4) is 0 Å². The lowest BCUT2D eigenvalue weighted by molar-refractivity contribution is -0.0453. The predicted octanol–water partition coefficient (Wildman–Crippen LogP) is 4.38. The van der Waals surface area contributed by atoms with Gasteiger partial charge in [0.2, 0.25) is 0 Å². The number of likely N-dealkylation sites (tertiary alicyclic amines) is 1. The first-order valence-electron chi connectivity index (χ1n) is 12.3.